The molecule has 2 aliphatic carbocycles. The lowest BCUT2D eigenvalue weighted by Crippen LogP contribution is -2.41. The number of methoxy groups -OCH3 is 1. The fourth-order valence-corrected chi connectivity index (χ4v) is 5.47. The zero-order valence-electron chi connectivity index (χ0n) is 24.3. The summed E-state index contributed by atoms with van der Waals surface area (Å²) in [6, 6.07) is 12.7. The highest BCUT2D eigenvalue weighted by Gasteiger charge is 2.34. The average molecular weight is 593 g/mol. The largest absolute Gasteiger partial charge is 0.496 e. The van der Waals surface area contributed by atoms with Gasteiger partial charge in [0.2, 0.25) is 0 Å². The number of aliphatic carboxylic acids is 1. The molecule has 0 heterocycles. The standard InChI is InChI=1S/C20H20F3NO5.C12H23N/c1-28-17-11-13(7-9-15(17)20(21,22)23)8-10-16(18(25)26)24-19(27)29-12-14-5-3-2-4-6-14;1-3-7-11(8-4-1)13-12-9-5-2-6-10-12/h2-7,9,11,16H,8,10,12H2,1H3,(H,24,27)(H,25,26);11-13H,1-10H2/t16-;/m0./s1. The maximum absolute atomic E-state index is 12.9. The minimum absolute atomic E-state index is 0.0187. The summed E-state index contributed by atoms with van der Waals surface area (Å²) in [6.07, 6.45) is 9.19. The molecule has 42 heavy (non-hydrogen) atoms. The van der Waals surface area contributed by atoms with Crippen LogP contribution < -0.4 is 15.4 Å². The van der Waals surface area contributed by atoms with Crippen LogP contribution in [0.1, 0.15) is 87.3 Å². The average Bonchev–Trinajstić information content (AvgIpc) is 2.99. The topological polar surface area (TPSA) is 96.9 Å². The normalized spacial score (nSPS) is 17.0. The van der Waals surface area contributed by atoms with E-state index in [0.29, 0.717) is 5.56 Å². The van der Waals surface area contributed by atoms with Crippen molar-refractivity contribution in [2.45, 2.75) is 108 Å². The Kier molecular flexibility index (Phi) is 13.4. The van der Waals surface area contributed by atoms with Gasteiger partial charge in [-0.3, -0.25) is 0 Å². The van der Waals surface area contributed by atoms with Crippen molar-refractivity contribution in [1.29, 1.82) is 0 Å². The molecule has 0 spiro atoms. The molecule has 0 aromatic heterocycles. The molecule has 3 N–H and O–H groups in total. The summed E-state index contributed by atoms with van der Waals surface area (Å²) in [4.78, 5) is 23.3. The third kappa shape index (κ3) is 11.5. The van der Waals surface area contributed by atoms with Crippen LogP contribution in [0, 0.1) is 0 Å². The van der Waals surface area contributed by atoms with Gasteiger partial charge in [0, 0.05) is 12.1 Å². The summed E-state index contributed by atoms with van der Waals surface area (Å²) in [5, 5.41) is 15.4. The maximum atomic E-state index is 12.9. The lowest BCUT2D eigenvalue weighted by atomic mass is 9.91. The number of carboxylic acid groups (broad SMARTS) is 1. The molecule has 0 bridgehead atoms. The molecule has 2 aliphatic rings. The summed E-state index contributed by atoms with van der Waals surface area (Å²) < 4.78 is 48.5. The minimum Gasteiger partial charge on any atom is -0.496 e. The first-order valence-corrected chi connectivity index (χ1v) is 14.9. The van der Waals surface area contributed by atoms with E-state index < -0.39 is 29.8 Å². The molecule has 7 nitrogen and oxygen atoms in total. The number of rotatable bonds is 10. The first-order valence-electron chi connectivity index (χ1n) is 14.9. The molecule has 1 atom stereocenters. The van der Waals surface area contributed by atoms with Gasteiger partial charge in [-0.1, -0.05) is 74.9 Å². The number of ether oxygens (including phenoxy) is 2. The molecule has 4 rings (SSSR count). The highest BCUT2D eigenvalue weighted by Crippen LogP contribution is 2.36. The number of carbonyl (C=O) groups is 2. The molecule has 10 heteroatoms. The number of nitrogens with one attached hydrogen (secondary N) is 2. The van der Waals surface area contributed by atoms with Crippen molar-refractivity contribution in [3.05, 3.63) is 65.2 Å². The van der Waals surface area contributed by atoms with Crippen molar-refractivity contribution >= 4 is 12.1 Å². The Labute approximate surface area is 246 Å². The van der Waals surface area contributed by atoms with Gasteiger partial charge >= 0.3 is 18.2 Å². The van der Waals surface area contributed by atoms with Gasteiger partial charge < -0.3 is 25.2 Å². The van der Waals surface area contributed by atoms with Crippen molar-refractivity contribution in [1.82, 2.24) is 10.6 Å². The molecular formula is C32H43F3N2O5. The van der Waals surface area contributed by atoms with Crippen molar-refractivity contribution in [3.63, 3.8) is 0 Å². The molecule has 2 fully saturated rings. The Morgan fingerprint density at radius 3 is 2.02 bits per heavy atom. The van der Waals surface area contributed by atoms with Gasteiger partial charge in [-0.2, -0.15) is 13.2 Å². The van der Waals surface area contributed by atoms with Crippen LogP contribution in [0.4, 0.5) is 18.0 Å². The van der Waals surface area contributed by atoms with Crippen LogP contribution in [0.5, 0.6) is 5.75 Å². The van der Waals surface area contributed by atoms with Crippen LogP contribution in [0.15, 0.2) is 48.5 Å². The van der Waals surface area contributed by atoms with Crippen molar-refractivity contribution in [2.75, 3.05) is 7.11 Å². The van der Waals surface area contributed by atoms with Crippen LogP contribution in [-0.4, -0.2) is 42.4 Å². The molecule has 232 valence electrons. The highest BCUT2D eigenvalue weighted by molar-refractivity contribution is 5.79. The Bertz CT molecular complexity index is 1090. The quantitative estimate of drug-likeness (QED) is 0.269. The number of alkyl halides is 3. The van der Waals surface area contributed by atoms with Gasteiger partial charge in [-0.15, -0.1) is 0 Å². The molecular weight excluding hydrogens is 549 g/mol. The number of aryl methyl sites for hydroxylation is 1. The van der Waals surface area contributed by atoms with E-state index in [2.05, 4.69) is 10.6 Å². The summed E-state index contributed by atoms with van der Waals surface area (Å²) in [5.41, 5.74) is 0.271. The first kappa shape index (κ1) is 33.2. The van der Waals surface area contributed by atoms with Crippen LogP contribution in [0.2, 0.25) is 0 Å². The lowest BCUT2D eigenvalue weighted by Gasteiger charge is -2.30. The molecule has 2 saturated carbocycles. The first-order chi connectivity index (χ1) is 20.2. The third-order valence-corrected chi connectivity index (χ3v) is 7.78. The summed E-state index contributed by atoms with van der Waals surface area (Å²) >= 11 is 0. The van der Waals surface area contributed by atoms with E-state index in [1.807, 2.05) is 0 Å². The summed E-state index contributed by atoms with van der Waals surface area (Å²) in [7, 11) is 1.12. The predicted molar refractivity (Wildman–Crippen MR) is 154 cm³/mol. The number of carbonyl (C=O) groups excluding carboxylic acids is 1. The maximum Gasteiger partial charge on any atom is 0.419 e. The van der Waals surface area contributed by atoms with Crippen LogP contribution in [0.25, 0.3) is 0 Å². The molecule has 2 aromatic carbocycles. The van der Waals surface area contributed by atoms with Crippen LogP contribution in [-0.2, 0) is 28.7 Å². The zero-order valence-corrected chi connectivity index (χ0v) is 24.3. The fraction of sp³-hybridized carbons (Fsp3) is 0.562. The number of hydrogen-bond donors (Lipinski definition) is 3. The monoisotopic (exact) mass is 592 g/mol. The van der Waals surface area contributed by atoms with Gasteiger partial charge in [0.1, 0.15) is 18.4 Å². The van der Waals surface area contributed by atoms with Gasteiger partial charge in [0.15, 0.2) is 0 Å². The molecule has 0 saturated heterocycles. The second-order valence-corrected chi connectivity index (χ2v) is 11.0. The molecule has 0 unspecified atom stereocenters. The number of carboxylic acids is 1. The van der Waals surface area contributed by atoms with E-state index in [-0.39, 0.29) is 25.2 Å². The van der Waals surface area contributed by atoms with Gasteiger partial charge in [-0.25, -0.2) is 9.59 Å². The van der Waals surface area contributed by atoms with Crippen LogP contribution >= 0.6 is 0 Å². The minimum atomic E-state index is -4.56. The Morgan fingerprint density at radius 1 is 0.905 bits per heavy atom. The second kappa shape index (κ2) is 17.0. The number of alkyl carbamates (subject to hydrolysis) is 1. The van der Waals surface area contributed by atoms with E-state index in [4.69, 9.17) is 9.47 Å². The number of halogens is 3. The Balaban J connectivity index is 0.000000307. The smallest absolute Gasteiger partial charge is 0.419 e. The summed E-state index contributed by atoms with van der Waals surface area (Å²) in [5.74, 6) is -1.63. The van der Waals surface area contributed by atoms with E-state index in [9.17, 15) is 27.9 Å². The van der Waals surface area contributed by atoms with Gasteiger partial charge in [-0.05, 0) is 61.8 Å². The van der Waals surface area contributed by atoms with Crippen molar-refractivity contribution in [3.8, 4) is 5.75 Å². The fourth-order valence-electron chi connectivity index (χ4n) is 5.47. The van der Waals surface area contributed by atoms with E-state index in [1.165, 1.54) is 76.3 Å². The molecule has 2 aromatic rings. The van der Waals surface area contributed by atoms with E-state index in [0.717, 1.165) is 30.8 Å². The number of hydrogen-bond acceptors (Lipinski definition) is 5. The van der Waals surface area contributed by atoms with E-state index >= 15 is 0 Å². The van der Waals surface area contributed by atoms with Gasteiger partial charge in [0.25, 0.3) is 0 Å². The zero-order chi connectivity index (χ0) is 30.4. The lowest BCUT2D eigenvalue weighted by molar-refractivity contribution is -0.140. The number of amides is 1. The van der Waals surface area contributed by atoms with Crippen molar-refractivity contribution in [2.24, 2.45) is 0 Å². The van der Waals surface area contributed by atoms with Crippen LogP contribution in [0.3, 0.4) is 0 Å². The molecule has 1 amide bonds. The SMILES string of the molecule is C1CCC(NC2CCCCC2)CC1.COc1cc(CC[C@H](NC(=O)OCc2ccccc2)C(=O)O)ccc1C(F)(F)F. The van der Waals surface area contributed by atoms with Crippen molar-refractivity contribution < 1.29 is 37.3 Å². The number of benzene rings is 2. The van der Waals surface area contributed by atoms with Gasteiger partial charge in [0.05, 0.1) is 12.7 Å². The predicted octanol–water partition coefficient (Wildman–Crippen LogP) is 7.27. The highest BCUT2D eigenvalue weighted by atomic mass is 19.4. The molecule has 0 radical (unpaired) electrons. The summed E-state index contributed by atoms with van der Waals surface area (Å²) in [6.45, 7) is -0.0187. The second-order valence-electron chi connectivity index (χ2n) is 11.0. The Morgan fingerprint density at radius 2 is 1.50 bits per heavy atom. The van der Waals surface area contributed by atoms with E-state index in [1.54, 1.807) is 30.3 Å². The third-order valence-electron chi connectivity index (χ3n) is 7.78. The molecule has 0 aliphatic heterocycles. The Hall–Kier alpha value is -3.27.